The molecule has 1 aromatic rings. The molecule has 0 aliphatic rings. The van der Waals surface area contributed by atoms with Gasteiger partial charge in [0, 0.05) is 6.42 Å². The van der Waals surface area contributed by atoms with Crippen LogP contribution in [0.25, 0.3) is 0 Å². The highest BCUT2D eigenvalue weighted by Gasteiger charge is 2.19. The molecule has 6 heteroatoms. The van der Waals surface area contributed by atoms with Crippen LogP contribution in [-0.2, 0) is 19.1 Å². The summed E-state index contributed by atoms with van der Waals surface area (Å²) in [6, 6.07) is 6.18. The van der Waals surface area contributed by atoms with Crippen LogP contribution in [0.4, 0.5) is 0 Å². The van der Waals surface area contributed by atoms with Gasteiger partial charge in [-0.05, 0) is 25.5 Å². The van der Waals surface area contributed by atoms with Gasteiger partial charge in [-0.1, -0.05) is 31.0 Å². The lowest BCUT2D eigenvalue weighted by Crippen LogP contribution is -2.13. The van der Waals surface area contributed by atoms with Crippen LogP contribution in [0, 0.1) is 6.92 Å². The second kappa shape index (κ2) is 7.13. The first-order chi connectivity index (χ1) is 7.95. The number of unbranched alkanes of at least 4 members (excludes halogenated alkanes) is 1. The minimum absolute atomic E-state index is 0. The summed E-state index contributed by atoms with van der Waals surface area (Å²) in [6.07, 6.45) is 1.57. The van der Waals surface area contributed by atoms with Gasteiger partial charge in [-0.3, -0.25) is 4.79 Å². The fraction of sp³-hybridized carbons (Fsp3) is 0.417. The van der Waals surface area contributed by atoms with E-state index in [1.54, 1.807) is 12.1 Å². The number of hydrogen-bond donors (Lipinski definition) is 0. The van der Waals surface area contributed by atoms with E-state index in [1.165, 1.54) is 12.1 Å². The predicted octanol–water partition coefficient (Wildman–Crippen LogP) is 1.59. The predicted molar refractivity (Wildman–Crippen MR) is 67.6 cm³/mol. The van der Waals surface area contributed by atoms with Crippen molar-refractivity contribution in [2.75, 3.05) is 0 Å². The molecule has 1 aromatic carbocycles. The van der Waals surface area contributed by atoms with Gasteiger partial charge in [0.15, 0.2) is 0 Å². The first-order valence-electron chi connectivity index (χ1n) is 5.49. The van der Waals surface area contributed by atoms with Gasteiger partial charge in [0.2, 0.25) is 0 Å². The maximum Gasteiger partial charge on any atom is 0.341 e. The Morgan fingerprint density at radius 3 is 2.28 bits per heavy atom. The summed E-state index contributed by atoms with van der Waals surface area (Å²) in [4.78, 5) is 11.3. The molecule has 0 aromatic heterocycles. The summed E-state index contributed by atoms with van der Waals surface area (Å²) in [5, 5.41) is 0. The summed E-state index contributed by atoms with van der Waals surface area (Å²) in [6.45, 7) is 3.77. The van der Waals surface area contributed by atoms with Gasteiger partial charge in [0.1, 0.15) is 4.90 Å². The lowest BCUT2D eigenvalue weighted by Gasteiger charge is -2.05. The van der Waals surface area contributed by atoms with Crippen LogP contribution in [0.15, 0.2) is 29.2 Å². The third-order valence-corrected chi connectivity index (χ3v) is 3.50. The van der Waals surface area contributed by atoms with Crippen molar-refractivity contribution in [2.45, 2.75) is 38.0 Å². The zero-order valence-electron chi connectivity index (χ0n) is 10.5. The summed E-state index contributed by atoms with van der Waals surface area (Å²) in [5.41, 5.74) is 0.946. The Bertz CT molecular complexity index is 476. The highest BCUT2D eigenvalue weighted by atomic mass is 32.2. The second-order valence-corrected chi connectivity index (χ2v) is 5.37. The molecule has 5 nitrogen and oxygen atoms in total. The number of hydrogen-bond acceptors (Lipinski definition) is 4. The maximum absolute atomic E-state index is 11.7. The first-order valence-corrected chi connectivity index (χ1v) is 6.90. The Morgan fingerprint density at radius 1 is 1.22 bits per heavy atom. The zero-order valence-corrected chi connectivity index (χ0v) is 11.3. The van der Waals surface area contributed by atoms with Gasteiger partial charge in [0.05, 0.1) is 0 Å². The number of rotatable bonds is 5. The van der Waals surface area contributed by atoms with Crippen LogP contribution in [0.5, 0.6) is 0 Å². The standard InChI is InChI=1S/C12H16O4S.H2O/c1-3-4-5-12(13)16-17(14,15)11-8-6-10(2)7-9-11;/h6-9H,3-5H2,1-2H3;1H2. The molecular formula is C12H18O5S. The largest absolute Gasteiger partial charge is 0.412 e. The summed E-state index contributed by atoms with van der Waals surface area (Å²) >= 11 is 0. The lowest BCUT2D eigenvalue weighted by atomic mass is 10.2. The zero-order chi connectivity index (χ0) is 12.9. The molecule has 0 atom stereocenters. The summed E-state index contributed by atoms with van der Waals surface area (Å²) in [5.74, 6) is -0.701. The van der Waals surface area contributed by atoms with Gasteiger partial charge in [0.25, 0.3) is 0 Å². The monoisotopic (exact) mass is 274 g/mol. The minimum atomic E-state index is -3.96. The average molecular weight is 274 g/mol. The molecule has 18 heavy (non-hydrogen) atoms. The average Bonchev–Trinajstić information content (AvgIpc) is 2.26. The fourth-order valence-electron chi connectivity index (χ4n) is 1.24. The van der Waals surface area contributed by atoms with Gasteiger partial charge in [-0.15, -0.1) is 0 Å². The molecular weight excluding hydrogens is 256 g/mol. The van der Waals surface area contributed by atoms with Crippen LogP contribution in [-0.4, -0.2) is 19.9 Å². The Morgan fingerprint density at radius 2 is 1.78 bits per heavy atom. The van der Waals surface area contributed by atoms with Gasteiger partial charge in [-0.2, -0.15) is 8.42 Å². The highest BCUT2D eigenvalue weighted by Crippen LogP contribution is 2.14. The van der Waals surface area contributed by atoms with E-state index in [-0.39, 0.29) is 16.8 Å². The fourth-order valence-corrected chi connectivity index (χ4v) is 2.13. The number of benzene rings is 1. The van der Waals surface area contributed by atoms with E-state index in [0.29, 0.717) is 6.42 Å². The van der Waals surface area contributed by atoms with Gasteiger partial charge >= 0.3 is 16.1 Å². The molecule has 0 saturated carbocycles. The van der Waals surface area contributed by atoms with E-state index in [2.05, 4.69) is 4.18 Å². The Labute approximate surface area is 107 Å². The van der Waals surface area contributed by atoms with Crippen molar-refractivity contribution in [1.82, 2.24) is 0 Å². The maximum atomic E-state index is 11.7. The normalized spacial score (nSPS) is 10.6. The van der Waals surface area contributed by atoms with Crippen LogP contribution in [0.3, 0.4) is 0 Å². The molecule has 0 fully saturated rings. The van der Waals surface area contributed by atoms with E-state index in [1.807, 2.05) is 13.8 Å². The molecule has 0 aliphatic carbocycles. The van der Waals surface area contributed by atoms with Crippen LogP contribution < -0.4 is 0 Å². The molecule has 1 rings (SSSR count). The Hall–Kier alpha value is -1.40. The molecule has 0 aliphatic heterocycles. The quantitative estimate of drug-likeness (QED) is 0.762. The molecule has 2 N–H and O–H groups in total. The SMILES string of the molecule is CCCCC(=O)OS(=O)(=O)c1ccc(C)cc1.O. The molecule has 0 unspecified atom stereocenters. The van der Waals surface area contributed by atoms with Crippen LogP contribution in [0.1, 0.15) is 31.7 Å². The number of aryl methyl sites for hydroxylation is 1. The smallest absolute Gasteiger partial charge is 0.341 e. The highest BCUT2D eigenvalue weighted by molar-refractivity contribution is 7.87. The number of carbonyl (C=O) groups is 1. The molecule has 0 bridgehead atoms. The molecule has 102 valence electrons. The summed E-state index contributed by atoms with van der Waals surface area (Å²) in [7, 11) is -3.96. The van der Waals surface area contributed by atoms with Gasteiger partial charge < -0.3 is 9.66 Å². The van der Waals surface area contributed by atoms with Gasteiger partial charge in [-0.25, -0.2) is 0 Å². The van der Waals surface area contributed by atoms with E-state index >= 15 is 0 Å². The van der Waals surface area contributed by atoms with Crippen molar-refractivity contribution in [1.29, 1.82) is 0 Å². The van der Waals surface area contributed by atoms with Crippen LogP contribution in [0.2, 0.25) is 0 Å². The van der Waals surface area contributed by atoms with Crippen molar-refractivity contribution in [3.05, 3.63) is 29.8 Å². The van der Waals surface area contributed by atoms with Crippen molar-refractivity contribution >= 4 is 16.1 Å². The molecule has 0 heterocycles. The van der Waals surface area contributed by atoms with Crippen molar-refractivity contribution in [3.8, 4) is 0 Å². The van der Waals surface area contributed by atoms with Crippen LogP contribution >= 0.6 is 0 Å². The first kappa shape index (κ1) is 16.6. The second-order valence-electron chi connectivity index (χ2n) is 3.83. The Balaban J connectivity index is 0.00000289. The molecule has 0 radical (unpaired) electrons. The third kappa shape index (κ3) is 4.85. The third-order valence-electron chi connectivity index (χ3n) is 2.25. The minimum Gasteiger partial charge on any atom is -0.412 e. The lowest BCUT2D eigenvalue weighted by molar-refractivity contribution is -0.133. The van der Waals surface area contributed by atoms with E-state index in [9.17, 15) is 13.2 Å². The van der Waals surface area contributed by atoms with Crippen molar-refractivity contribution in [3.63, 3.8) is 0 Å². The van der Waals surface area contributed by atoms with E-state index in [0.717, 1.165) is 12.0 Å². The summed E-state index contributed by atoms with van der Waals surface area (Å²) < 4.78 is 27.8. The molecule has 0 amide bonds. The van der Waals surface area contributed by atoms with E-state index < -0.39 is 16.1 Å². The Kier molecular flexibility index (Phi) is 6.57. The molecule has 0 saturated heterocycles. The topological polar surface area (TPSA) is 91.9 Å². The number of carbonyl (C=O) groups excluding carboxylic acids is 1. The molecule has 0 spiro atoms. The van der Waals surface area contributed by atoms with E-state index in [4.69, 9.17) is 0 Å². The van der Waals surface area contributed by atoms with Crippen molar-refractivity contribution in [2.24, 2.45) is 0 Å². The van der Waals surface area contributed by atoms with Crippen molar-refractivity contribution < 1.29 is 22.9 Å².